The van der Waals surface area contributed by atoms with Gasteiger partial charge in [0.2, 0.25) is 0 Å². The Bertz CT molecular complexity index is 297. The van der Waals surface area contributed by atoms with Crippen molar-refractivity contribution in [1.82, 2.24) is 4.98 Å². The van der Waals surface area contributed by atoms with Gasteiger partial charge in [0, 0.05) is 13.1 Å². The van der Waals surface area contributed by atoms with Gasteiger partial charge < -0.3 is 0 Å². The molecular formula is C8H6NOS2. The highest BCUT2D eigenvalue weighted by molar-refractivity contribution is 8.25. The standard InChI is InChI=1S/C8H6NOS2/c1-6(10)8(11)12-7-4-2-3-5-9-7/h2-5H,1H2. The lowest BCUT2D eigenvalue weighted by Crippen LogP contribution is -2.01. The largest absolute Gasteiger partial charge is 0.293 e. The molecule has 12 heavy (non-hydrogen) atoms. The number of hydrogen-bond acceptors (Lipinski definition) is 4. The fraction of sp³-hybridized carbons (Fsp3) is 0. The van der Waals surface area contributed by atoms with Crippen LogP contribution < -0.4 is 0 Å². The van der Waals surface area contributed by atoms with E-state index in [9.17, 15) is 4.79 Å². The fourth-order valence-electron chi connectivity index (χ4n) is 0.559. The van der Waals surface area contributed by atoms with Crippen molar-refractivity contribution in [1.29, 1.82) is 0 Å². The van der Waals surface area contributed by atoms with Crippen molar-refractivity contribution in [3.8, 4) is 0 Å². The van der Waals surface area contributed by atoms with Crippen LogP contribution in [0.2, 0.25) is 0 Å². The number of hydrogen-bond donors (Lipinski definition) is 0. The maximum absolute atomic E-state index is 10.6. The highest BCUT2D eigenvalue weighted by atomic mass is 32.2. The lowest BCUT2D eigenvalue weighted by molar-refractivity contribution is -0.108. The summed E-state index contributed by atoms with van der Waals surface area (Å²) < 4.78 is 0.244. The predicted molar refractivity (Wildman–Crippen MR) is 53.1 cm³/mol. The number of carbonyl (C=O) groups is 1. The summed E-state index contributed by atoms with van der Waals surface area (Å²) >= 11 is 5.93. The van der Waals surface area contributed by atoms with Crippen LogP contribution in [-0.4, -0.2) is 15.0 Å². The van der Waals surface area contributed by atoms with Gasteiger partial charge in [0.1, 0.15) is 9.22 Å². The zero-order valence-corrected chi connectivity index (χ0v) is 7.82. The monoisotopic (exact) mass is 196 g/mol. The average Bonchev–Trinajstić information content (AvgIpc) is 2.06. The average molecular weight is 196 g/mol. The third-order valence-corrected chi connectivity index (χ3v) is 2.40. The predicted octanol–water partition coefficient (Wildman–Crippen LogP) is 1.90. The number of carbonyl (C=O) groups excluding carboxylic acids is 1. The molecule has 0 saturated heterocycles. The van der Waals surface area contributed by atoms with Crippen LogP contribution in [-0.2, 0) is 4.79 Å². The number of thioether (sulfide) groups is 1. The van der Waals surface area contributed by atoms with Gasteiger partial charge in [-0.05, 0) is 12.1 Å². The minimum atomic E-state index is -0.333. The molecule has 0 unspecified atom stereocenters. The molecule has 0 amide bonds. The highest BCUT2D eigenvalue weighted by Gasteiger charge is 2.05. The number of pyridine rings is 1. The van der Waals surface area contributed by atoms with Crippen molar-refractivity contribution in [2.75, 3.05) is 0 Å². The zero-order valence-electron chi connectivity index (χ0n) is 6.19. The summed E-state index contributed by atoms with van der Waals surface area (Å²) in [6.07, 6.45) is 1.65. The number of thiocarbonyl (C=S) groups is 1. The Morgan fingerprint density at radius 2 is 2.33 bits per heavy atom. The molecule has 1 aromatic rings. The van der Waals surface area contributed by atoms with Crippen LogP contribution in [0, 0.1) is 6.92 Å². The third kappa shape index (κ3) is 2.71. The number of ketones is 1. The normalized spacial score (nSPS) is 9.42. The molecule has 0 aliphatic rings. The van der Waals surface area contributed by atoms with Crippen LogP contribution in [0.15, 0.2) is 29.4 Å². The van der Waals surface area contributed by atoms with Gasteiger partial charge in [0.05, 0.1) is 0 Å². The van der Waals surface area contributed by atoms with Crippen molar-refractivity contribution < 1.29 is 4.79 Å². The van der Waals surface area contributed by atoms with Gasteiger partial charge >= 0.3 is 0 Å². The molecule has 0 spiro atoms. The van der Waals surface area contributed by atoms with Crippen LogP contribution in [0.25, 0.3) is 0 Å². The van der Waals surface area contributed by atoms with E-state index in [1.165, 1.54) is 0 Å². The molecule has 0 aromatic carbocycles. The van der Waals surface area contributed by atoms with Crippen molar-refractivity contribution in [2.24, 2.45) is 0 Å². The molecular weight excluding hydrogens is 190 g/mol. The quantitative estimate of drug-likeness (QED) is 0.534. The Morgan fingerprint density at radius 3 is 2.83 bits per heavy atom. The molecule has 0 N–H and O–H groups in total. The Kier molecular flexibility index (Phi) is 3.37. The molecule has 0 bridgehead atoms. The molecule has 1 aromatic heterocycles. The minimum absolute atomic E-state index is 0.244. The molecule has 0 fully saturated rings. The Hall–Kier alpha value is -0.740. The SMILES string of the molecule is [CH2]C(=O)C(=S)Sc1ccccn1. The molecule has 2 nitrogen and oxygen atoms in total. The summed E-state index contributed by atoms with van der Waals surface area (Å²) in [4.78, 5) is 14.6. The smallest absolute Gasteiger partial charge is 0.180 e. The fourth-order valence-corrected chi connectivity index (χ4v) is 1.38. The van der Waals surface area contributed by atoms with Crippen LogP contribution in [0.3, 0.4) is 0 Å². The van der Waals surface area contributed by atoms with E-state index in [-0.39, 0.29) is 9.98 Å². The second kappa shape index (κ2) is 4.33. The van der Waals surface area contributed by atoms with Gasteiger partial charge in [-0.1, -0.05) is 30.0 Å². The van der Waals surface area contributed by atoms with Gasteiger partial charge in [0.15, 0.2) is 5.78 Å². The Morgan fingerprint density at radius 1 is 1.58 bits per heavy atom. The van der Waals surface area contributed by atoms with Crippen LogP contribution in [0.4, 0.5) is 0 Å². The molecule has 0 atom stereocenters. The number of Topliss-reactive ketones (excluding diaryl/α,β-unsaturated/α-hetero) is 1. The van der Waals surface area contributed by atoms with Crippen molar-refractivity contribution in [2.45, 2.75) is 5.03 Å². The van der Waals surface area contributed by atoms with Gasteiger partial charge in [-0.15, -0.1) is 0 Å². The van der Waals surface area contributed by atoms with E-state index >= 15 is 0 Å². The summed E-state index contributed by atoms with van der Waals surface area (Å²) in [5.41, 5.74) is 0. The summed E-state index contributed by atoms with van der Waals surface area (Å²) in [7, 11) is 0. The Labute approximate surface area is 80.4 Å². The lowest BCUT2D eigenvalue weighted by Gasteiger charge is -1.96. The van der Waals surface area contributed by atoms with E-state index < -0.39 is 0 Å². The molecule has 0 aliphatic carbocycles. The maximum Gasteiger partial charge on any atom is 0.180 e. The molecule has 0 aliphatic heterocycles. The second-order valence-corrected chi connectivity index (χ2v) is 3.68. The van der Waals surface area contributed by atoms with E-state index in [0.29, 0.717) is 0 Å². The third-order valence-electron chi connectivity index (χ3n) is 1.06. The number of rotatable bonds is 2. The van der Waals surface area contributed by atoms with Crippen molar-refractivity contribution in [3.05, 3.63) is 31.3 Å². The number of aromatic nitrogens is 1. The first-order chi connectivity index (χ1) is 5.70. The topological polar surface area (TPSA) is 30.0 Å². The summed E-state index contributed by atoms with van der Waals surface area (Å²) in [6.45, 7) is 3.21. The van der Waals surface area contributed by atoms with Crippen LogP contribution in [0.1, 0.15) is 0 Å². The van der Waals surface area contributed by atoms with Gasteiger partial charge in [-0.25, -0.2) is 4.98 Å². The molecule has 0 saturated carbocycles. The molecule has 61 valence electrons. The molecule has 1 rings (SSSR count). The van der Waals surface area contributed by atoms with E-state index in [2.05, 4.69) is 11.9 Å². The molecule has 1 radical (unpaired) electrons. The van der Waals surface area contributed by atoms with E-state index in [0.717, 1.165) is 16.8 Å². The number of nitrogens with zero attached hydrogens (tertiary/aromatic N) is 1. The van der Waals surface area contributed by atoms with Gasteiger partial charge in [0.25, 0.3) is 0 Å². The van der Waals surface area contributed by atoms with E-state index in [4.69, 9.17) is 12.2 Å². The van der Waals surface area contributed by atoms with Gasteiger partial charge in [-0.3, -0.25) is 4.79 Å². The first-order valence-electron chi connectivity index (χ1n) is 3.19. The zero-order chi connectivity index (χ0) is 8.97. The van der Waals surface area contributed by atoms with Crippen molar-refractivity contribution in [3.63, 3.8) is 0 Å². The first kappa shape index (κ1) is 9.35. The van der Waals surface area contributed by atoms with Crippen LogP contribution >= 0.6 is 24.0 Å². The minimum Gasteiger partial charge on any atom is -0.293 e. The summed E-state index contributed by atoms with van der Waals surface area (Å²) in [5.74, 6) is -0.333. The second-order valence-electron chi connectivity index (χ2n) is 1.98. The highest BCUT2D eigenvalue weighted by Crippen LogP contribution is 2.16. The molecule has 4 heteroatoms. The van der Waals surface area contributed by atoms with Gasteiger partial charge in [-0.2, -0.15) is 0 Å². The van der Waals surface area contributed by atoms with Crippen molar-refractivity contribution >= 4 is 34.0 Å². The maximum atomic E-state index is 10.6. The van der Waals surface area contributed by atoms with E-state index in [1.807, 2.05) is 6.07 Å². The summed E-state index contributed by atoms with van der Waals surface area (Å²) in [6, 6.07) is 5.44. The van der Waals surface area contributed by atoms with E-state index in [1.54, 1.807) is 18.3 Å². The molecule has 1 heterocycles. The lowest BCUT2D eigenvalue weighted by atomic mass is 10.5. The Balaban J connectivity index is 2.65. The first-order valence-corrected chi connectivity index (χ1v) is 4.42. The van der Waals surface area contributed by atoms with Crippen LogP contribution in [0.5, 0.6) is 0 Å². The summed E-state index contributed by atoms with van der Waals surface area (Å²) in [5, 5.41) is 0.722.